The third kappa shape index (κ3) is 2.82. The number of carbonyl (C=O) groups is 2. The fraction of sp³-hybridized carbons (Fsp3) is 0.333. The van der Waals surface area contributed by atoms with Crippen LogP contribution in [0.4, 0.5) is 5.69 Å². The third-order valence-corrected chi connectivity index (χ3v) is 2.92. The van der Waals surface area contributed by atoms with Crippen LogP contribution in [0.15, 0.2) is 24.8 Å². The zero-order valence-corrected chi connectivity index (χ0v) is 11.6. The summed E-state index contributed by atoms with van der Waals surface area (Å²) in [7, 11) is 0. The molecule has 0 unspecified atom stereocenters. The number of ketones is 1. The van der Waals surface area contributed by atoms with Crippen molar-refractivity contribution in [1.82, 2.24) is 0 Å². The van der Waals surface area contributed by atoms with Crippen molar-refractivity contribution in [2.45, 2.75) is 13.8 Å². The number of carbonyl (C=O) groups excluding carboxylic acids is 2. The molecule has 1 aliphatic rings. The van der Waals surface area contributed by atoms with E-state index < -0.39 is 0 Å². The van der Waals surface area contributed by atoms with Crippen LogP contribution in [0, 0.1) is 5.92 Å². The first-order chi connectivity index (χ1) is 9.52. The van der Waals surface area contributed by atoms with Gasteiger partial charge in [-0.2, -0.15) is 0 Å². The first-order valence-corrected chi connectivity index (χ1v) is 6.44. The van der Waals surface area contributed by atoms with Gasteiger partial charge in [0.2, 0.25) is 5.91 Å². The first kappa shape index (κ1) is 14.1. The van der Waals surface area contributed by atoms with Crippen LogP contribution in [-0.4, -0.2) is 24.9 Å². The highest BCUT2D eigenvalue weighted by molar-refractivity contribution is 6.08. The molecule has 0 saturated heterocycles. The topological polar surface area (TPSA) is 64.6 Å². The molecule has 0 fully saturated rings. The van der Waals surface area contributed by atoms with E-state index in [1.165, 1.54) is 0 Å². The summed E-state index contributed by atoms with van der Waals surface area (Å²) >= 11 is 0. The van der Waals surface area contributed by atoms with E-state index in [4.69, 9.17) is 9.47 Å². The van der Waals surface area contributed by atoms with E-state index in [0.29, 0.717) is 36.0 Å². The quantitative estimate of drug-likeness (QED) is 0.677. The van der Waals surface area contributed by atoms with Crippen LogP contribution in [0.5, 0.6) is 11.5 Å². The predicted octanol–water partition coefficient (Wildman–Crippen LogP) is 2.42. The maximum atomic E-state index is 12.2. The number of ether oxygens (including phenoxy) is 2. The van der Waals surface area contributed by atoms with Crippen LogP contribution in [0.2, 0.25) is 0 Å². The normalized spacial score (nSPS) is 12.9. The molecule has 0 atom stereocenters. The molecule has 0 saturated carbocycles. The van der Waals surface area contributed by atoms with E-state index in [1.807, 2.05) is 0 Å². The minimum Gasteiger partial charge on any atom is -0.486 e. The van der Waals surface area contributed by atoms with Crippen LogP contribution in [-0.2, 0) is 4.79 Å². The zero-order chi connectivity index (χ0) is 14.7. The van der Waals surface area contributed by atoms with E-state index in [1.54, 1.807) is 26.0 Å². The molecule has 2 rings (SSSR count). The van der Waals surface area contributed by atoms with Gasteiger partial charge < -0.3 is 14.8 Å². The number of amides is 1. The zero-order valence-electron chi connectivity index (χ0n) is 11.6. The highest BCUT2D eigenvalue weighted by Crippen LogP contribution is 2.36. The Kier molecular flexibility index (Phi) is 4.08. The summed E-state index contributed by atoms with van der Waals surface area (Å²) in [6.07, 6.45) is 1.15. The minimum absolute atomic E-state index is 0.0682. The van der Waals surface area contributed by atoms with Gasteiger partial charge in [0.25, 0.3) is 0 Å². The van der Waals surface area contributed by atoms with Crippen molar-refractivity contribution < 1.29 is 19.1 Å². The van der Waals surface area contributed by atoms with E-state index in [9.17, 15) is 9.59 Å². The maximum Gasteiger partial charge on any atom is 0.247 e. The average Bonchev–Trinajstić information content (AvgIpc) is 2.45. The van der Waals surface area contributed by atoms with Crippen molar-refractivity contribution in [3.63, 3.8) is 0 Å². The van der Waals surface area contributed by atoms with Gasteiger partial charge in [-0.1, -0.05) is 20.4 Å². The minimum atomic E-state index is -0.375. The van der Waals surface area contributed by atoms with E-state index in [-0.39, 0.29) is 17.6 Å². The van der Waals surface area contributed by atoms with E-state index in [2.05, 4.69) is 11.9 Å². The molecule has 1 aromatic carbocycles. The van der Waals surface area contributed by atoms with Crippen LogP contribution in [0.25, 0.3) is 0 Å². The molecular weight excluding hydrogens is 258 g/mol. The molecule has 20 heavy (non-hydrogen) atoms. The van der Waals surface area contributed by atoms with Crippen LogP contribution in [0.1, 0.15) is 24.2 Å². The summed E-state index contributed by atoms with van der Waals surface area (Å²) < 4.78 is 10.9. The molecule has 1 N–H and O–H groups in total. The largest absolute Gasteiger partial charge is 0.486 e. The molecule has 0 aromatic heterocycles. The van der Waals surface area contributed by atoms with Gasteiger partial charge in [-0.3, -0.25) is 9.59 Å². The van der Waals surface area contributed by atoms with Gasteiger partial charge in [0, 0.05) is 17.5 Å². The Balaban J connectivity index is 2.47. The lowest BCUT2D eigenvalue weighted by Gasteiger charge is -2.21. The Labute approximate surface area is 117 Å². The van der Waals surface area contributed by atoms with Gasteiger partial charge in [-0.05, 0) is 12.1 Å². The van der Waals surface area contributed by atoms with Crippen LogP contribution < -0.4 is 14.8 Å². The van der Waals surface area contributed by atoms with Crippen molar-refractivity contribution in [3.05, 3.63) is 30.4 Å². The number of nitrogens with one attached hydrogen (secondary N) is 1. The lowest BCUT2D eigenvalue weighted by molar-refractivity contribution is -0.111. The summed E-state index contributed by atoms with van der Waals surface area (Å²) in [5.74, 6) is 0.422. The summed E-state index contributed by atoms with van der Waals surface area (Å²) in [6, 6.07) is 3.24. The fourth-order valence-electron chi connectivity index (χ4n) is 1.89. The Bertz CT molecular complexity index is 563. The monoisotopic (exact) mass is 275 g/mol. The Morgan fingerprint density at radius 1 is 1.25 bits per heavy atom. The summed E-state index contributed by atoms with van der Waals surface area (Å²) in [5, 5.41) is 2.63. The molecule has 0 radical (unpaired) electrons. The summed E-state index contributed by atoms with van der Waals surface area (Å²) in [4.78, 5) is 23.7. The fourth-order valence-corrected chi connectivity index (χ4v) is 1.89. The number of fused-ring (bicyclic) bond motifs is 1. The van der Waals surface area contributed by atoms with Crippen LogP contribution >= 0.6 is 0 Å². The molecule has 0 aliphatic carbocycles. The van der Waals surface area contributed by atoms with Gasteiger partial charge in [0.05, 0.1) is 5.69 Å². The maximum absolute atomic E-state index is 12.2. The lowest BCUT2D eigenvalue weighted by atomic mass is 9.98. The Morgan fingerprint density at radius 3 is 2.40 bits per heavy atom. The first-order valence-electron chi connectivity index (χ1n) is 6.44. The molecule has 5 nitrogen and oxygen atoms in total. The number of hydrogen-bond acceptors (Lipinski definition) is 4. The lowest BCUT2D eigenvalue weighted by Crippen LogP contribution is -2.19. The van der Waals surface area contributed by atoms with Crippen molar-refractivity contribution in [2.75, 3.05) is 18.5 Å². The smallest absolute Gasteiger partial charge is 0.247 e. The molecule has 0 spiro atoms. The van der Waals surface area contributed by atoms with Crippen molar-refractivity contribution in [2.24, 2.45) is 5.92 Å². The number of benzene rings is 1. The second kappa shape index (κ2) is 5.77. The second-order valence-corrected chi connectivity index (χ2v) is 4.75. The van der Waals surface area contributed by atoms with Gasteiger partial charge in [0.15, 0.2) is 17.3 Å². The number of rotatable bonds is 4. The van der Waals surface area contributed by atoms with Gasteiger partial charge in [0.1, 0.15) is 13.2 Å². The molecule has 1 heterocycles. The molecule has 1 aliphatic heterocycles. The predicted molar refractivity (Wildman–Crippen MR) is 75.4 cm³/mol. The number of hydrogen-bond donors (Lipinski definition) is 1. The SMILES string of the molecule is C=CC(=O)Nc1cc2c(cc1C(=O)C(C)C)OCCO2. The summed E-state index contributed by atoms with van der Waals surface area (Å²) in [5.41, 5.74) is 0.831. The van der Waals surface area contributed by atoms with Crippen LogP contribution in [0.3, 0.4) is 0 Å². The summed E-state index contributed by atoms with van der Waals surface area (Å²) in [6.45, 7) is 7.90. The highest BCUT2D eigenvalue weighted by Gasteiger charge is 2.22. The Morgan fingerprint density at radius 2 is 1.85 bits per heavy atom. The van der Waals surface area contributed by atoms with Crippen molar-refractivity contribution in [1.29, 1.82) is 0 Å². The number of anilines is 1. The van der Waals surface area contributed by atoms with Gasteiger partial charge in [-0.15, -0.1) is 0 Å². The molecule has 0 bridgehead atoms. The molecule has 106 valence electrons. The Hall–Kier alpha value is -2.30. The van der Waals surface area contributed by atoms with E-state index >= 15 is 0 Å². The van der Waals surface area contributed by atoms with Gasteiger partial charge in [-0.25, -0.2) is 0 Å². The molecule has 1 amide bonds. The molecular formula is C15H17NO4. The van der Waals surface area contributed by atoms with E-state index in [0.717, 1.165) is 6.08 Å². The average molecular weight is 275 g/mol. The molecule has 1 aromatic rings. The number of Topliss-reactive ketones (excluding diaryl/α,β-unsaturated/α-hetero) is 1. The highest BCUT2D eigenvalue weighted by atomic mass is 16.6. The standard InChI is InChI=1S/C15H17NO4/c1-4-14(17)16-11-8-13-12(19-5-6-20-13)7-10(11)15(18)9(2)3/h4,7-9H,1,5-6H2,2-3H3,(H,16,17). The second-order valence-electron chi connectivity index (χ2n) is 4.75. The van der Waals surface area contributed by atoms with Crippen molar-refractivity contribution >= 4 is 17.4 Å². The third-order valence-electron chi connectivity index (χ3n) is 2.92. The van der Waals surface area contributed by atoms with Gasteiger partial charge >= 0.3 is 0 Å². The van der Waals surface area contributed by atoms with Crippen molar-refractivity contribution in [3.8, 4) is 11.5 Å². The molecule has 5 heteroatoms.